The third-order valence-electron chi connectivity index (χ3n) is 6.53. The maximum atomic E-state index is 6.49. The van der Waals surface area contributed by atoms with Gasteiger partial charge in [0, 0.05) is 30.9 Å². The standard InChI is InChI=1S/C34H45NO3/c1-8-18-36-19-12-11-13-27(6)21-31(20-26(4)5)38-33-22-29(9-2)15-17-32(33)28(7)14-16-30(10-3)34(23-35)24-37-25-34/h2,10,14-17,20-22H,3-4,8,11-13,18-19,23-25,35H2,1,5-7H3/b27-21+,28-14+,30-16+,31-20+. The summed E-state index contributed by atoms with van der Waals surface area (Å²) in [4.78, 5) is 0. The van der Waals surface area contributed by atoms with Crippen LogP contribution in [0.3, 0.4) is 0 Å². The summed E-state index contributed by atoms with van der Waals surface area (Å²) in [5.74, 6) is 4.16. The Kier molecular flexibility index (Phi) is 13.1. The second kappa shape index (κ2) is 16.0. The highest BCUT2D eigenvalue weighted by molar-refractivity contribution is 5.72. The van der Waals surface area contributed by atoms with E-state index in [4.69, 9.17) is 26.4 Å². The lowest BCUT2D eigenvalue weighted by atomic mass is 9.78. The third kappa shape index (κ3) is 9.33. The largest absolute Gasteiger partial charge is 0.457 e. The van der Waals surface area contributed by atoms with Gasteiger partial charge in [0.2, 0.25) is 0 Å². The smallest absolute Gasteiger partial charge is 0.136 e. The molecule has 38 heavy (non-hydrogen) atoms. The summed E-state index contributed by atoms with van der Waals surface area (Å²) in [5.41, 5.74) is 11.9. The molecule has 204 valence electrons. The lowest BCUT2D eigenvalue weighted by Gasteiger charge is -2.41. The Hall–Kier alpha value is -3.10. The molecule has 2 rings (SSSR count). The van der Waals surface area contributed by atoms with Crippen LogP contribution in [0.2, 0.25) is 0 Å². The third-order valence-corrected chi connectivity index (χ3v) is 6.53. The van der Waals surface area contributed by atoms with Crippen LogP contribution in [0, 0.1) is 17.8 Å². The van der Waals surface area contributed by atoms with Crippen LogP contribution in [0.5, 0.6) is 5.75 Å². The Morgan fingerprint density at radius 2 is 1.92 bits per heavy atom. The van der Waals surface area contributed by atoms with Crippen molar-refractivity contribution in [3.8, 4) is 18.1 Å². The number of hydrogen-bond acceptors (Lipinski definition) is 4. The van der Waals surface area contributed by atoms with E-state index in [9.17, 15) is 0 Å². The maximum absolute atomic E-state index is 6.49. The van der Waals surface area contributed by atoms with E-state index in [0.29, 0.717) is 25.5 Å². The molecule has 1 heterocycles. The van der Waals surface area contributed by atoms with Crippen molar-refractivity contribution in [1.29, 1.82) is 0 Å². The molecule has 0 spiro atoms. The fraction of sp³-hybridized carbons (Fsp3) is 0.412. The first kappa shape index (κ1) is 31.1. The predicted octanol–water partition coefficient (Wildman–Crippen LogP) is 7.54. The van der Waals surface area contributed by atoms with Gasteiger partial charge in [-0.2, -0.15) is 0 Å². The number of allylic oxidation sites excluding steroid dienone is 8. The zero-order valence-electron chi connectivity index (χ0n) is 23.8. The van der Waals surface area contributed by atoms with Crippen LogP contribution in [0.25, 0.3) is 5.57 Å². The summed E-state index contributed by atoms with van der Waals surface area (Å²) in [5, 5.41) is 0. The van der Waals surface area contributed by atoms with Gasteiger partial charge in [0.25, 0.3) is 0 Å². The molecule has 0 amide bonds. The summed E-state index contributed by atoms with van der Waals surface area (Å²) in [6.07, 6.45) is 19.9. The molecule has 0 unspecified atom stereocenters. The first-order chi connectivity index (χ1) is 18.3. The highest BCUT2D eigenvalue weighted by Crippen LogP contribution is 2.36. The second-order valence-electron chi connectivity index (χ2n) is 10.1. The molecular formula is C34H45NO3. The van der Waals surface area contributed by atoms with Gasteiger partial charge < -0.3 is 19.9 Å². The van der Waals surface area contributed by atoms with E-state index in [1.165, 1.54) is 5.57 Å². The van der Waals surface area contributed by atoms with Gasteiger partial charge in [-0.05, 0) is 88.0 Å². The molecule has 1 aliphatic heterocycles. The second-order valence-corrected chi connectivity index (χ2v) is 10.1. The van der Waals surface area contributed by atoms with E-state index < -0.39 is 0 Å². The predicted molar refractivity (Wildman–Crippen MR) is 161 cm³/mol. The zero-order valence-corrected chi connectivity index (χ0v) is 23.8. The molecule has 0 radical (unpaired) electrons. The van der Waals surface area contributed by atoms with Crippen LogP contribution >= 0.6 is 0 Å². The van der Waals surface area contributed by atoms with Crippen molar-refractivity contribution in [2.45, 2.75) is 53.4 Å². The topological polar surface area (TPSA) is 53.7 Å². The molecule has 4 heteroatoms. The first-order valence-electron chi connectivity index (χ1n) is 13.5. The van der Waals surface area contributed by atoms with E-state index in [1.54, 1.807) is 0 Å². The highest BCUT2D eigenvalue weighted by Gasteiger charge is 2.39. The van der Waals surface area contributed by atoms with E-state index in [1.807, 2.05) is 37.3 Å². The van der Waals surface area contributed by atoms with E-state index >= 15 is 0 Å². The van der Waals surface area contributed by atoms with Crippen molar-refractivity contribution < 1.29 is 14.2 Å². The Morgan fingerprint density at radius 3 is 2.50 bits per heavy atom. The van der Waals surface area contributed by atoms with Crippen LogP contribution in [-0.2, 0) is 9.47 Å². The molecule has 4 nitrogen and oxygen atoms in total. The fourth-order valence-corrected chi connectivity index (χ4v) is 4.18. The molecule has 0 aliphatic carbocycles. The Labute approximate surface area is 230 Å². The van der Waals surface area contributed by atoms with E-state index in [2.05, 4.69) is 58.1 Å². The average Bonchev–Trinajstić information content (AvgIpc) is 2.86. The Balaban J connectivity index is 2.31. The molecule has 1 aromatic rings. The summed E-state index contributed by atoms with van der Waals surface area (Å²) < 4.78 is 17.5. The molecule has 1 aliphatic rings. The van der Waals surface area contributed by atoms with Crippen LogP contribution < -0.4 is 10.5 Å². The van der Waals surface area contributed by atoms with Gasteiger partial charge in [0.1, 0.15) is 11.5 Å². The van der Waals surface area contributed by atoms with Crippen LogP contribution in [0.1, 0.15) is 64.5 Å². The number of nitrogens with two attached hydrogens (primary N) is 1. The minimum absolute atomic E-state index is 0.160. The lowest BCUT2D eigenvalue weighted by molar-refractivity contribution is -0.0811. The molecular weight excluding hydrogens is 470 g/mol. The minimum atomic E-state index is -0.160. The summed E-state index contributed by atoms with van der Waals surface area (Å²) in [6, 6.07) is 5.85. The minimum Gasteiger partial charge on any atom is -0.457 e. The Morgan fingerprint density at radius 1 is 1.16 bits per heavy atom. The molecule has 0 saturated carbocycles. The Bertz CT molecular complexity index is 1120. The maximum Gasteiger partial charge on any atom is 0.136 e. The number of benzene rings is 1. The molecule has 1 aromatic carbocycles. The van der Waals surface area contributed by atoms with E-state index in [0.717, 1.165) is 72.5 Å². The molecule has 2 N–H and O–H groups in total. The van der Waals surface area contributed by atoms with Gasteiger partial charge in [-0.15, -0.1) is 6.42 Å². The zero-order chi connectivity index (χ0) is 28.0. The van der Waals surface area contributed by atoms with Crippen molar-refractivity contribution in [2.24, 2.45) is 11.1 Å². The van der Waals surface area contributed by atoms with Gasteiger partial charge in [0.15, 0.2) is 0 Å². The van der Waals surface area contributed by atoms with Crippen LogP contribution in [0.15, 0.2) is 84.2 Å². The van der Waals surface area contributed by atoms with Crippen molar-refractivity contribution in [3.63, 3.8) is 0 Å². The molecule has 0 atom stereocenters. The number of hydrogen-bond donors (Lipinski definition) is 1. The normalized spacial score (nSPS) is 16.0. The summed E-state index contributed by atoms with van der Waals surface area (Å²) in [7, 11) is 0. The average molecular weight is 516 g/mol. The van der Waals surface area contributed by atoms with Gasteiger partial charge in [-0.25, -0.2) is 0 Å². The first-order valence-corrected chi connectivity index (χ1v) is 13.5. The molecule has 0 aromatic heterocycles. The molecule has 0 bridgehead atoms. The van der Waals surface area contributed by atoms with Gasteiger partial charge in [0.05, 0.1) is 18.6 Å². The number of ether oxygens (including phenoxy) is 3. The van der Waals surface area contributed by atoms with Gasteiger partial charge >= 0.3 is 0 Å². The monoisotopic (exact) mass is 515 g/mol. The molecule has 1 saturated heterocycles. The number of terminal acetylenes is 1. The highest BCUT2D eigenvalue weighted by atomic mass is 16.5. The number of rotatable bonds is 16. The summed E-state index contributed by atoms with van der Waals surface area (Å²) in [6.45, 7) is 19.7. The molecule has 1 fully saturated rings. The van der Waals surface area contributed by atoms with Gasteiger partial charge in [-0.1, -0.05) is 55.4 Å². The van der Waals surface area contributed by atoms with Crippen LogP contribution in [0.4, 0.5) is 0 Å². The van der Waals surface area contributed by atoms with Crippen LogP contribution in [-0.4, -0.2) is 33.0 Å². The van der Waals surface area contributed by atoms with E-state index in [-0.39, 0.29) is 5.41 Å². The van der Waals surface area contributed by atoms with Crippen molar-refractivity contribution in [2.75, 3.05) is 33.0 Å². The van der Waals surface area contributed by atoms with Crippen molar-refractivity contribution in [1.82, 2.24) is 0 Å². The fourth-order valence-electron chi connectivity index (χ4n) is 4.18. The summed E-state index contributed by atoms with van der Waals surface area (Å²) >= 11 is 0. The SMILES string of the molecule is C#Cc1ccc(/C(C)=C/C=C(\C=C)C2(CN)COC2)c(OC(/C=C(\C)CCCCOCCC)=C/C(=C)C)c1. The van der Waals surface area contributed by atoms with Crippen molar-refractivity contribution >= 4 is 5.57 Å². The quantitative estimate of drug-likeness (QED) is 0.107. The number of unbranched alkanes of at least 4 members (excludes halogenated alkanes) is 1. The van der Waals surface area contributed by atoms with Crippen molar-refractivity contribution in [3.05, 3.63) is 95.3 Å². The van der Waals surface area contributed by atoms with Gasteiger partial charge in [-0.3, -0.25) is 0 Å². The lowest BCUT2D eigenvalue weighted by Crippen LogP contribution is -2.49.